The molecule has 0 atom stereocenters. The van der Waals surface area contributed by atoms with Gasteiger partial charge in [0.25, 0.3) is 5.56 Å². The van der Waals surface area contributed by atoms with Gasteiger partial charge >= 0.3 is 0 Å². The number of allylic oxidation sites excluding steroid dienone is 1. The number of hydrogen-bond donors (Lipinski definition) is 0. The Morgan fingerprint density at radius 1 is 1.00 bits per heavy atom. The molecule has 8 nitrogen and oxygen atoms in total. The summed E-state index contributed by atoms with van der Waals surface area (Å²) in [5.41, 5.74) is 3.67. The van der Waals surface area contributed by atoms with Crippen molar-refractivity contribution in [2.24, 2.45) is 5.10 Å². The van der Waals surface area contributed by atoms with E-state index in [1.54, 1.807) is 25.5 Å². The average Bonchev–Trinajstić information content (AvgIpc) is 3.48. The number of para-hydroxylation sites is 1. The van der Waals surface area contributed by atoms with E-state index in [-0.39, 0.29) is 12.4 Å². The summed E-state index contributed by atoms with van der Waals surface area (Å²) in [4.78, 5) is 18.3. The molecule has 6 rings (SSSR count). The Morgan fingerprint density at radius 3 is 2.63 bits per heavy atom. The summed E-state index contributed by atoms with van der Waals surface area (Å²) >= 11 is 0. The maximum Gasteiger partial charge on any atom is 0.282 e. The molecule has 1 aliphatic heterocycles. The van der Waals surface area contributed by atoms with Crippen molar-refractivity contribution in [1.82, 2.24) is 9.66 Å². The average molecular weight is 546 g/mol. The second-order valence-corrected chi connectivity index (χ2v) is 9.36. The topological polar surface area (TPSA) is 84.2 Å². The highest BCUT2D eigenvalue weighted by Crippen LogP contribution is 2.36. The number of benzene rings is 4. The van der Waals surface area contributed by atoms with Gasteiger partial charge in [-0.25, -0.2) is 4.98 Å². The third-order valence-corrected chi connectivity index (χ3v) is 6.67. The van der Waals surface area contributed by atoms with Crippen molar-refractivity contribution in [3.63, 3.8) is 0 Å². The van der Waals surface area contributed by atoms with Crippen LogP contribution in [0.4, 0.5) is 0 Å². The van der Waals surface area contributed by atoms with E-state index in [0.29, 0.717) is 47.0 Å². The Hall–Kier alpha value is -5.37. The molecule has 0 fully saturated rings. The molecule has 41 heavy (non-hydrogen) atoms. The van der Waals surface area contributed by atoms with Crippen LogP contribution in [0.3, 0.4) is 0 Å². The lowest BCUT2D eigenvalue weighted by Crippen LogP contribution is -2.20. The van der Waals surface area contributed by atoms with E-state index in [2.05, 4.69) is 11.7 Å². The molecule has 8 heteroatoms. The SMILES string of the molecule is C=CCc1cc(C=Nn2c(-c3ccccc3)nc3ccccc3c2=O)cc(OC)c1OCc1ccc2c(c1)OCO2. The summed E-state index contributed by atoms with van der Waals surface area (Å²) in [5, 5.41) is 5.09. The van der Waals surface area contributed by atoms with E-state index in [1.807, 2.05) is 78.9 Å². The number of hydrogen-bond acceptors (Lipinski definition) is 7. The highest BCUT2D eigenvalue weighted by atomic mass is 16.7. The molecule has 0 amide bonds. The van der Waals surface area contributed by atoms with Gasteiger partial charge in [0, 0.05) is 11.1 Å². The van der Waals surface area contributed by atoms with Crippen LogP contribution < -0.4 is 24.5 Å². The summed E-state index contributed by atoms with van der Waals surface area (Å²) in [6.45, 7) is 4.43. The summed E-state index contributed by atoms with van der Waals surface area (Å²) in [7, 11) is 1.59. The molecule has 0 bridgehead atoms. The third kappa shape index (κ3) is 5.27. The summed E-state index contributed by atoms with van der Waals surface area (Å²) in [6, 6.07) is 26.3. The molecule has 4 aromatic carbocycles. The molecule has 1 aliphatic rings. The first-order valence-electron chi connectivity index (χ1n) is 13.1. The van der Waals surface area contributed by atoms with Crippen molar-refractivity contribution in [2.75, 3.05) is 13.9 Å². The zero-order valence-corrected chi connectivity index (χ0v) is 22.4. The standard InChI is InChI=1S/C33H27N3O5/c1-3-9-25-16-23(18-30(38-2)31(25)39-20-22-14-15-28-29(17-22)41-21-40-28)19-34-36-32(24-10-5-4-6-11-24)35-27-13-8-7-12-26(27)33(36)37/h3-8,10-19H,1,9,20-21H2,2H3. The number of fused-ring (bicyclic) bond motifs is 2. The Balaban J connectivity index is 1.36. The van der Waals surface area contributed by atoms with Crippen LogP contribution in [0.5, 0.6) is 23.0 Å². The Labute approximate surface area is 236 Å². The van der Waals surface area contributed by atoms with Gasteiger partial charge in [-0.1, -0.05) is 54.6 Å². The van der Waals surface area contributed by atoms with Crippen LogP contribution in [0.1, 0.15) is 16.7 Å². The fourth-order valence-corrected chi connectivity index (χ4v) is 4.70. The monoisotopic (exact) mass is 545 g/mol. The van der Waals surface area contributed by atoms with Crippen LogP contribution in [0.2, 0.25) is 0 Å². The van der Waals surface area contributed by atoms with E-state index in [1.165, 1.54) is 4.68 Å². The van der Waals surface area contributed by atoms with E-state index < -0.39 is 0 Å². The van der Waals surface area contributed by atoms with Crippen LogP contribution in [0.15, 0.2) is 107 Å². The number of rotatable bonds is 9. The quantitative estimate of drug-likeness (QED) is 0.167. The fourth-order valence-electron chi connectivity index (χ4n) is 4.70. The lowest BCUT2D eigenvalue weighted by Gasteiger charge is -2.16. The zero-order chi connectivity index (χ0) is 28.2. The van der Waals surface area contributed by atoms with Crippen molar-refractivity contribution in [3.05, 3.63) is 125 Å². The van der Waals surface area contributed by atoms with Gasteiger partial charge in [-0.2, -0.15) is 9.78 Å². The van der Waals surface area contributed by atoms with Gasteiger partial charge in [0.05, 0.1) is 24.2 Å². The Morgan fingerprint density at radius 2 is 1.80 bits per heavy atom. The first kappa shape index (κ1) is 25.9. The molecule has 0 saturated carbocycles. The number of methoxy groups -OCH3 is 1. The van der Waals surface area contributed by atoms with Gasteiger partial charge in [-0.05, 0) is 53.9 Å². The highest BCUT2D eigenvalue weighted by Gasteiger charge is 2.17. The Bertz CT molecular complexity index is 1830. The van der Waals surface area contributed by atoms with Crippen LogP contribution in [0, 0.1) is 0 Å². The number of aromatic nitrogens is 2. The highest BCUT2D eigenvalue weighted by molar-refractivity contribution is 5.83. The smallest absolute Gasteiger partial charge is 0.282 e. The molecule has 1 aromatic heterocycles. The molecule has 2 heterocycles. The molecule has 204 valence electrons. The van der Waals surface area contributed by atoms with Gasteiger partial charge in [0.1, 0.15) is 6.61 Å². The van der Waals surface area contributed by atoms with Gasteiger partial charge in [0.2, 0.25) is 6.79 Å². The van der Waals surface area contributed by atoms with Gasteiger partial charge in [0.15, 0.2) is 28.8 Å². The van der Waals surface area contributed by atoms with E-state index in [0.717, 1.165) is 28.0 Å². The van der Waals surface area contributed by atoms with E-state index in [4.69, 9.17) is 23.9 Å². The first-order valence-corrected chi connectivity index (χ1v) is 13.1. The molecular formula is C33H27N3O5. The van der Waals surface area contributed by atoms with Gasteiger partial charge in [-0.3, -0.25) is 4.79 Å². The van der Waals surface area contributed by atoms with Crippen LogP contribution in [-0.2, 0) is 13.0 Å². The van der Waals surface area contributed by atoms with Gasteiger partial charge < -0.3 is 18.9 Å². The lowest BCUT2D eigenvalue weighted by molar-refractivity contribution is 0.174. The molecule has 0 saturated heterocycles. The van der Waals surface area contributed by atoms with Crippen LogP contribution >= 0.6 is 0 Å². The number of nitrogens with zero attached hydrogens (tertiary/aromatic N) is 3. The summed E-state index contributed by atoms with van der Waals surface area (Å²) in [5.74, 6) is 3.02. The molecule has 0 unspecified atom stereocenters. The Kier molecular flexibility index (Phi) is 7.19. The predicted molar refractivity (Wildman–Crippen MR) is 158 cm³/mol. The minimum Gasteiger partial charge on any atom is -0.493 e. The second kappa shape index (κ2) is 11.4. The minimum atomic E-state index is -0.257. The summed E-state index contributed by atoms with van der Waals surface area (Å²) < 4.78 is 24.2. The van der Waals surface area contributed by atoms with Crippen molar-refractivity contribution in [1.29, 1.82) is 0 Å². The first-order chi connectivity index (χ1) is 20.1. The second-order valence-electron chi connectivity index (χ2n) is 9.36. The normalized spacial score (nSPS) is 12.1. The molecular weight excluding hydrogens is 518 g/mol. The molecule has 0 spiro atoms. The maximum atomic E-state index is 13.5. The van der Waals surface area contributed by atoms with Crippen molar-refractivity contribution in [2.45, 2.75) is 13.0 Å². The van der Waals surface area contributed by atoms with Crippen molar-refractivity contribution >= 4 is 17.1 Å². The molecule has 5 aromatic rings. The fraction of sp³-hybridized carbons (Fsp3) is 0.121. The van der Waals surface area contributed by atoms with Crippen molar-refractivity contribution in [3.8, 4) is 34.4 Å². The number of ether oxygens (including phenoxy) is 4. The maximum absolute atomic E-state index is 13.5. The lowest BCUT2D eigenvalue weighted by atomic mass is 10.1. The minimum absolute atomic E-state index is 0.216. The van der Waals surface area contributed by atoms with E-state index in [9.17, 15) is 4.79 Å². The van der Waals surface area contributed by atoms with Crippen LogP contribution in [0.25, 0.3) is 22.3 Å². The molecule has 0 aliphatic carbocycles. The third-order valence-electron chi connectivity index (χ3n) is 6.67. The predicted octanol–water partition coefficient (Wildman–Crippen LogP) is 5.99. The summed E-state index contributed by atoms with van der Waals surface area (Å²) in [6.07, 6.45) is 3.97. The van der Waals surface area contributed by atoms with E-state index >= 15 is 0 Å². The van der Waals surface area contributed by atoms with Gasteiger partial charge in [-0.15, -0.1) is 6.58 Å². The largest absolute Gasteiger partial charge is 0.493 e. The zero-order valence-electron chi connectivity index (χ0n) is 22.4. The molecule has 0 N–H and O–H groups in total. The van der Waals surface area contributed by atoms with Crippen LogP contribution in [-0.4, -0.2) is 29.8 Å². The molecule has 0 radical (unpaired) electrons. The van der Waals surface area contributed by atoms with Crippen molar-refractivity contribution < 1.29 is 18.9 Å².